The van der Waals surface area contributed by atoms with Gasteiger partial charge in [0.2, 0.25) is 5.75 Å². The average molecular weight is 450 g/mol. The van der Waals surface area contributed by atoms with Crippen LogP contribution in [0.3, 0.4) is 0 Å². The average Bonchev–Trinajstić information content (AvgIpc) is 2.76. The zero-order chi connectivity index (χ0) is 23.7. The lowest BCUT2D eigenvalue weighted by Crippen LogP contribution is -2.45. The Morgan fingerprint density at radius 1 is 1.16 bits per heavy atom. The van der Waals surface area contributed by atoms with Gasteiger partial charge in [-0.2, -0.15) is 0 Å². The predicted molar refractivity (Wildman–Crippen MR) is 118 cm³/mol. The van der Waals surface area contributed by atoms with E-state index in [1.54, 1.807) is 6.92 Å². The van der Waals surface area contributed by atoms with Crippen LogP contribution in [0.15, 0.2) is 23.4 Å². The number of rotatable bonds is 12. The first-order chi connectivity index (χ1) is 15.3. The minimum absolute atomic E-state index is 0.0221. The van der Waals surface area contributed by atoms with Gasteiger partial charge < -0.3 is 24.8 Å². The Labute approximate surface area is 187 Å². The van der Waals surface area contributed by atoms with E-state index in [9.17, 15) is 19.7 Å². The normalized spacial score (nSPS) is 15.6. The fourth-order valence-corrected chi connectivity index (χ4v) is 3.40. The summed E-state index contributed by atoms with van der Waals surface area (Å²) in [5.41, 5.74) is 0.492. The number of carbonyl (C=O) groups excluding carboxylic acids is 2. The lowest BCUT2D eigenvalue weighted by molar-refractivity contribution is -0.386. The Bertz CT molecular complexity index is 883. The highest BCUT2D eigenvalue weighted by Gasteiger charge is 2.35. The zero-order valence-corrected chi connectivity index (χ0v) is 19.0. The summed E-state index contributed by atoms with van der Waals surface area (Å²) < 4.78 is 16.3. The lowest BCUT2D eigenvalue weighted by atomic mass is 9.94. The summed E-state index contributed by atoms with van der Waals surface area (Å²) in [5, 5.41) is 17.0. The van der Waals surface area contributed by atoms with Crippen molar-refractivity contribution in [1.82, 2.24) is 10.6 Å². The van der Waals surface area contributed by atoms with Crippen LogP contribution in [0.1, 0.15) is 64.5 Å². The van der Waals surface area contributed by atoms with E-state index in [0.717, 1.165) is 25.7 Å². The number of carbonyl (C=O) groups is 2. The summed E-state index contributed by atoms with van der Waals surface area (Å²) in [6, 6.07) is 1.35. The van der Waals surface area contributed by atoms with Crippen molar-refractivity contribution < 1.29 is 28.7 Å². The molecule has 1 atom stereocenters. The second-order valence-corrected chi connectivity index (χ2v) is 7.44. The number of ether oxygens (including phenoxy) is 3. The Morgan fingerprint density at radius 2 is 1.91 bits per heavy atom. The van der Waals surface area contributed by atoms with Crippen LogP contribution < -0.4 is 20.1 Å². The van der Waals surface area contributed by atoms with Gasteiger partial charge in [0.25, 0.3) is 0 Å². The fourth-order valence-electron chi connectivity index (χ4n) is 3.40. The highest BCUT2D eigenvalue weighted by atomic mass is 16.6. The number of nitrogens with one attached hydrogen (secondary N) is 2. The van der Waals surface area contributed by atoms with Gasteiger partial charge in [-0.15, -0.1) is 0 Å². The fraction of sp³-hybridized carbons (Fsp3) is 0.545. The summed E-state index contributed by atoms with van der Waals surface area (Å²) in [6.07, 6.45) is 4.47. The minimum atomic E-state index is -0.945. The van der Waals surface area contributed by atoms with Gasteiger partial charge in [-0.05, 0) is 31.4 Å². The van der Waals surface area contributed by atoms with Crippen LogP contribution in [0.2, 0.25) is 0 Å². The topological polar surface area (TPSA) is 129 Å². The second-order valence-electron chi connectivity index (χ2n) is 7.44. The number of hydrogen-bond donors (Lipinski definition) is 2. The number of benzene rings is 1. The SMILES string of the molecule is CCCCCCOc1c(OC)cc(C2NC(=O)NC(C)=C2C(=O)OCCC)cc1[N+](=O)[O-]. The molecule has 2 amide bonds. The van der Waals surface area contributed by atoms with Crippen molar-refractivity contribution in [3.8, 4) is 11.5 Å². The highest BCUT2D eigenvalue weighted by molar-refractivity contribution is 5.95. The van der Waals surface area contributed by atoms with Gasteiger partial charge in [-0.25, -0.2) is 9.59 Å². The van der Waals surface area contributed by atoms with Gasteiger partial charge in [0, 0.05) is 11.8 Å². The van der Waals surface area contributed by atoms with E-state index in [1.807, 2.05) is 6.92 Å². The van der Waals surface area contributed by atoms with Crippen molar-refractivity contribution >= 4 is 17.7 Å². The highest BCUT2D eigenvalue weighted by Crippen LogP contribution is 2.41. The number of unbranched alkanes of at least 4 members (excludes halogenated alkanes) is 3. The van der Waals surface area contributed by atoms with Crippen molar-refractivity contribution in [2.75, 3.05) is 20.3 Å². The van der Waals surface area contributed by atoms with Crippen molar-refractivity contribution in [1.29, 1.82) is 0 Å². The molecule has 10 nitrogen and oxygen atoms in total. The van der Waals surface area contributed by atoms with Crippen LogP contribution in [0.25, 0.3) is 0 Å². The summed E-state index contributed by atoms with van der Waals surface area (Å²) >= 11 is 0. The third kappa shape index (κ3) is 6.12. The van der Waals surface area contributed by atoms with E-state index < -0.39 is 23.0 Å². The molecule has 0 fully saturated rings. The van der Waals surface area contributed by atoms with Crippen molar-refractivity contribution in [3.63, 3.8) is 0 Å². The molecule has 2 rings (SSSR count). The van der Waals surface area contributed by atoms with E-state index in [1.165, 1.54) is 19.2 Å². The van der Waals surface area contributed by atoms with E-state index >= 15 is 0 Å². The largest absolute Gasteiger partial charge is 0.493 e. The Kier molecular flexibility index (Phi) is 9.30. The quantitative estimate of drug-likeness (QED) is 0.212. The number of hydrogen-bond acceptors (Lipinski definition) is 7. The maximum absolute atomic E-state index is 12.7. The van der Waals surface area contributed by atoms with Gasteiger partial charge in [0.15, 0.2) is 5.75 Å². The maximum atomic E-state index is 12.7. The minimum Gasteiger partial charge on any atom is -0.493 e. The van der Waals surface area contributed by atoms with Crippen LogP contribution >= 0.6 is 0 Å². The molecule has 1 aliphatic heterocycles. The summed E-state index contributed by atoms with van der Waals surface area (Å²) in [6.45, 7) is 6.06. The maximum Gasteiger partial charge on any atom is 0.338 e. The van der Waals surface area contributed by atoms with Gasteiger partial charge in [0.1, 0.15) is 0 Å². The van der Waals surface area contributed by atoms with Gasteiger partial charge >= 0.3 is 17.7 Å². The molecule has 0 saturated heterocycles. The predicted octanol–water partition coefficient (Wildman–Crippen LogP) is 4.14. The third-order valence-electron chi connectivity index (χ3n) is 4.98. The van der Waals surface area contributed by atoms with Crippen molar-refractivity contribution in [2.24, 2.45) is 0 Å². The first kappa shape index (κ1) is 25.0. The number of nitro benzene ring substituents is 1. The molecule has 0 bridgehead atoms. The lowest BCUT2D eigenvalue weighted by Gasteiger charge is -2.28. The zero-order valence-electron chi connectivity index (χ0n) is 19.0. The molecule has 0 aromatic heterocycles. The molecular formula is C22H31N3O7. The number of urea groups is 1. The monoisotopic (exact) mass is 449 g/mol. The van der Waals surface area contributed by atoms with Gasteiger partial charge in [-0.1, -0.05) is 33.1 Å². The second kappa shape index (κ2) is 11.9. The van der Waals surface area contributed by atoms with Crippen LogP contribution in [0.5, 0.6) is 11.5 Å². The summed E-state index contributed by atoms with van der Waals surface area (Å²) in [5.74, 6) is -0.440. The smallest absolute Gasteiger partial charge is 0.338 e. The first-order valence-electron chi connectivity index (χ1n) is 10.8. The van der Waals surface area contributed by atoms with Crippen LogP contribution in [-0.4, -0.2) is 37.2 Å². The number of amides is 2. The molecule has 176 valence electrons. The summed E-state index contributed by atoms with van der Waals surface area (Å²) in [4.78, 5) is 36.0. The number of allylic oxidation sites excluding steroid dienone is 1. The van der Waals surface area contributed by atoms with Gasteiger partial charge in [-0.3, -0.25) is 10.1 Å². The molecule has 0 saturated carbocycles. The molecule has 1 aromatic rings. The molecule has 10 heteroatoms. The van der Waals surface area contributed by atoms with Crippen molar-refractivity contribution in [3.05, 3.63) is 39.1 Å². The molecular weight excluding hydrogens is 418 g/mol. The Balaban J connectivity index is 2.45. The number of methoxy groups -OCH3 is 1. The van der Waals surface area contributed by atoms with Crippen LogP contribution in [0, 0.1) is 10.1 Å². The molecule has 0 aliphatic carbocycles. The molecule has 32 heavy (non-hydrogen) atoms. The Morgan fingerprint density at radius 3 is 2.53 bits per heavy atom. The number of nitro groups is 1. The standard InChI is InChI=1S/C22H31N3O7/c1-5-7-8-9-11-31-20-16(25(28)29)12-15(13-17(20)30-4)19-18(21(26)32-10-6-2)14(3)23-22(27)24-19/h12-13,19H,5-11H2,1-4H3,(H2,23,24,27). The molecule has 1 unspecified atom stereocenters. The van der Waals surface area contributed by atoms with Crippen molar-refractivity contribution in [2.45, 2.75) is 58.9 Å². The third-order valence-corrected chi connectivity index (χ3v) is 4.98. The summed E-state index contributed by atoms with van der Waals surface area (Å²) in [7, 11) is 1.38. The molecule has 1 heterocycles. The molecule has 1 aromatic carbocycles. The molecule has 1 aliphatic rings. The van der Waals surface area contributed by atoms with Crippen LogP contribution in [-0.2, 0) is 9.53 Å². The van der Waals surface area contributed by atoms with E-state index in [-0.39, 0.29) is 29.4 Å². The molecule has 2 N–H and O–H groups in total. The number of esters is 1. The Hall–Kier alpha value is -3.30. The van der Waals surface area contributed by atoms with E-state index in [2.05, 4.69) is 17.6 Å². The first-order valence-corrected chi connectivity index (χ1v) is 10.8. The molecule has 0 spiro atoms. The van der Waals surface area contributed by atoms with Crippen LogP contribution in [0.4, 0.5) is 10.5 Å². The van der Waals surface area contributed by atoms with Gasteiger partial charge in [0.05, 0.1) is 36.9 Å². The molecule has 0 radical (unpaired) electrons. The number of nitrogens with zero attached hydrogens (tertiary/aromatic N) is 1. The van der Waals surface area contributed by atoms with E-state index in [0.29, 0.717) is 24.3 Å². The van der Waals surface area contributed by atoms with E-state index in [4.69, 9.17) is 14.2 Å².